The third kappa shape index (κ3) is 4.17. The molecule has 0 bridgehead atoms. The number of benzene rings is 2. The van der Waals surface area contributed by atoms with E-state index in [9.17, 15) is 9.59 Å². The molecule has 1 saturated heterocycles. The molecule has 0 spiro atoms. The Morgan fingerprint density at radius 1 is 0.906 bits per heavy atom. The van der Waals surface area contributed by atoms with Gasteiger partial charge in [0.15, 0.2) is 0 Å². The average Bonchev–Trinajstić information content (AvgIpc) is 3.26. The molecule has 164 valence electrons. The molecule has 1 aromatic heterocycles. The lowest BCUT2D eigenvalue weighted by Crippen LogP contribution is -2.43. The molecule has 0 saturated carbocycles. The largest absolute Gasteiger partial charge is 0.334 e. The average molecular weight is 429 g/mol. The highest BCUT2D eigenvalue weighted by molar-refractivity contribution is 5.98. The number of imidazole rings is 1. The Balaban J connectivity index is 1.35. The lowest BCUT2D eigenvalue weighted by molar-refractivity contribution is -0.141. The molecule has 0 aliphatic carbocycles. The lowest BCUT2D eigenvalue weighted by Gasteiger charge is -2.34. The van der Waals surface area contributed by atoms with Crippen LogP contribution < -0.4 is 5.32 Å². The Kier molecular flexibility index (Phi) is 5.75. The lowest BCUT2D eigenvalue weighted by atomic mass is 10.0. The van der Waals surface area contributed by atoms with E-state index >= 15 is 0 Å². The predicted octanol–water partition coefficient (Wildman–Crippen LogP) is 4.58. The van der Waals surface area contributed by atoms with Gasteiger partial charge in [0.1, 0.15) is 11.9 Å². The van der Waals surface area contributed by atoms with Crippen LogP contribution >= 0.6 is 0 Å². The first-order valence-electron chi connectivity index (χ1n) is 11.5. The van der Waals surface area contributed by atoms with Crippen molar-refractivity contribution in [3.05, 3.63) is 72.2 Å². The number of rotatable bonds is 5. The number of nitrogens with zero attached hydrogens (tertiary/aromatic N) is 3. The number of carbonyl (C=O) groups excluding carboxylic acids is 2. The number of aryl methyl sites for hydroxylation is 2. The highest BCUT2D eigenvalue weighted by Gasteiger charge is 2.32. The van der Waals surface area contributed by atoms with Crippen LogP contribution in [0.3, 0.4) is 0 Å². The van der Waals surface area contributed by atoms with Crippen LogP contribution in [0.2, 0.25) is 0 Å². The molecular weight excluding hydrogens is 400 g/mol. The van der Waals surface area contributed by atoms with Crippen LogP contribution in [0.25, 0.3) is 11.3 Å². The Morgan fingerprint density at radius 3 is 2.41 bits per heavy atom. The van der Waals surface area contributed by atoms with Gasteiger partial charge in [-0.25, -0.2) is 4.98 Å². The van der Waals surface area contributed by atoms with E-state index in [0.29, 0.717) is 18.7 Å². The van der Waals surface area contributed by atoms with Gasteiger partial charge in [0, 0.05) is 43.4 Å². The second-order valence-electron chi connectivity index (χ2n) is 8.62. The highest BCUT2D eigenvalue weighted by Crippen LogP contribution is 2.28. The zero-order valence-corrected chi connectivity index (χ0v) is 18.2. The van der Waals surface area contributed by atoms with Crippen LogP contribution in [-0.2, 0) is 22.6 Å². The van der Waals surface area contributed by atoms with Crippen LogP contribution in [0.5, 0.6) is 0 Å². The summed E-state index contributed by atoms with van der Waals surface area (Å²) in [6.45, 7) is 1.64. The maximum atomic E-state index is 13.3. The van der Waals surface area contributed by atoms with Crippen molar-refractivity contribution in [2.75, 3.05) is 11.9 Å². The first-order chi connectivity index (χ1) is 15.7. The number of amides is 2. The van der Waals surface area contributed by atoms with Gasteiger partial charge >= 0.3 is 0 Å². The van der Waals surface area contributed by atoms with Crippen molar-refractivity contribution in [1.29, 1.82) is 0 Å². The van der Waals surface area contributed by atoms with Gasteiger partial charge in [-0.1, -0.05) is 42.5 Å². The van der Waals surface area contributed by atoms with Crippen LogP contribution in [0, 0.1) is 0 Å². The van der Waals surface area contributed by atoms with Crippen LogP contribution in [0.15, 0.2) is 60.8 Å². The van der Waals surface area contributed by atoms with Gasteiger partial charge in [-0.05, 0) is 43.4 Å². The molecule has 2 aliphatic rings. The van der Waals surface area contributed by atoms with Crippen molar-refractivity contribution < 1.29 is 9.59 Å². The summed E-state index contributed by atoms with van der Waals surface area (Å²) in [6.07, 6.45) is 7.86. The molecule has 1 atom stereocenters. The van der Waals surface area contributed by atoms with E-state index in [4.69, 9.17) is 4.98 Å². The summed E-state index contributed by atoms with van der Waals surface area (Å²) in [7, 11) is 0. The number of nitrogens with one attached hydrogen (secondary N) is 1. The fourth-order valence-electron chi connectivity index (χ4n) is 4.69. The summed E-state index contributed by atoms with van der Waals surface area (Å²) >= 11 is 0. The van der Waals surface area contributed by atoms with Crippen molar-refractivity contribution in [2.24, 2.45) is 0 Å². The summed E-state index contributed by atoms with van der Waals surface area (Å²) in [6, 6.07) is 16.7. The van der Waals surface area contributed by atoms with Gasteiger partial charge in [-0.3, -0.25) is 9.59 Å². The number of fused-ring (bicyclic) bond motifs is 1. The molecule has 2 amide bonds. The second-order valence-corrected chi connectivity index (χ2v) is 8.62. The van der Waals surface area contributed by atoms with E-state index in [1.807, 2.05) is 54.6 Å². The summed E-state index contributed by atoms with van der Waals surface area (Å²) in [5.74, 6) is 1.01. The van der Waals surface area contributed by atoms with E-state index in [2.05, 4.69) is 16.1 Å². The number of aromatic nitrogens is 2. The van der Waals surface area contributed by atoms with Gasteiger partial charge in [-0.2, -0.15) is 0 Å². The third-order valence-electron chi connectivity index (χ3n) is 6.39. The van der Waals surface area contributed by atoms with Crippen molar-refractivity contribution in [3.63, 3.8) is 0 Å². The summed E-state index contributed by atoms with van der Waals surface area (Å²) < 4.78 is 2.24. The van der Waals surface area contributed by atoms with Gasteiger partial charge in [0.2, 0.25) is 5.91 Å². The standard InChI is InChI=1S/C26H28N4O2/c31-24-11-5-7-17-30(24)25(20-8-2-1-3-9-20)26(32)27-21-14-12-19(13-15-21)22-18-29-16-6-4-10-23(29)28-22/h1-3,8-9,12-15,18,25H,4-7,10-11,16-17H2,(H,27,32). The highest BCUT2D eigenvalue weighted by atomic mass is 16.2. The van der Waals surface area contributed by atoms with E-state index in [1.165, 1.54) is 12.8 Å². The zero-order chi connectivity index (χ0) is 21.9. The van der Waals surface area contributed by atoms with Gasteiger partial charge in [0.05, 0.1) is 5.69 Å². The fourth-order valence-corrected chi connectivity index (χ4v) is 4.69. The molecule has 5 rings (SSSR count). The molecular formula is C26H28N4O2. The summed E-state index contributed by atoms with van der Waals surface area (Å²) in [5.41, 5.74) is 3.56. The Morgan fingerprint density at radius 2 is 1.66 bits per heavy atom. The van der Waals surface area contributed by atoms with Crippen molar-refractivity contribution >= 4 is 17.5 Å². The van der Waals surface area contributed by atoms with Crippen molar-refractivity contribution in [2.45, 2.75) is 51.1 Å². The number of hydrogen-bond donors (Lipinski definition) is 1. The van der Waals surface area contributed by atoms with Crippen LogP contribution in [-0.4, -0.2) is 32.8 Å². The topological polar surface area (TPSA) is 67.2 Å². The SMILES string of the molecule is O=C(Nc1ccc(-c2cn3c(n2)CCCC3)cc1)C(c1ccccc1)N1CCCCC1=O. The monoisotopic (exact) mass is 428 g/mol. The van der Waals surface area contributed by atoms with Gasteiger partial charge in [0.25, 0.3) is 5.91 Å². The molecule has 2 aromatic carbocycles. The molecule has 1 N–H and O–H groups in total. The van der Waals surface area contributed by atoms with E-state index in [0.717, 1.165) is 48.5 Å². The zero-order valence-electron chi connectivity index (χ0n) is 18.2. The summed E-state index contributed by atoms with van der Waals surface area (Å²) in [4.78, 5) is 32.4. The maximum Gasteiger partial charge on any atom is 0.251 e. The number of carbonyl (C=O) groups is 2. The first kappa shape index (κ1) is 20.5. The molecule has 6 heteroatoms. The number of hydrogen-bond acceptors (Lipinski definition) is 3. The molecule has 3 heterocycles. The predicted molar refractivity (Wildman–Crippen MR) is 124 cm³/mol. The van der Waals surface area contributed by atoms with Crippen molar-refractivity contribution in [3.8, 4) is 11.3 Å². The number of anilines is 1. The minimum Gasteiger partial charge on any atom is -0.334 e. The quantitative estimate of drug-likeness (QED) is 0.647. The molecule has 2 aliphatic heterocycles. The minimum absolute atomic E-state index is 0.0411. The van der Waals surface area contributed by atoms with Gasteiger partial charge in [-0.15, -0.1) is 0 Å². The maximum absolute atomic E-state index is 13.3. The normalized spacial score (nSPS) is 17.0. The first-order valence-corrected chi connectivity index (χ1v) is 11.5. The molecule has 6 nitrogen and oxygen atoms in total. The van der Waals surface area contributed by atoms with E-state index < -0.39 is 6.04 Å². The Labute approximate surface area is 188 Å². The number of piperidine rings is 1. The van der Waals surface area contributed by atoms with Crippen LogP contribution in [0.4, 0.5) is 5.69 Å². The molecule has 32 heavy (non-hydrogen) atoms. The molecule has 3 aromatic rings. The Bertz CT molecular complexity index is 1080. The minimum atomic E-state index is -0.622. The van der Waals surface area contributed by atoms with Gasteiger partial charge < -0.3 is 14.8 Å². The molecule has 1 fully saturated rings. The third-order valence-corrected chi connectivity index (χ3v) is 6.39. The van der Waals surface area contributed by atoms with Crippen LogP contribution in [0.1, 0.15) is 49.5 Å². The number of likely N-dealkylation sites (tertiary alicyclic amines) is 1. The fraction of sp³-hybridized carbons (Fsp3) is 0.346. The van der Waals surface area contributed by atoms with E-state index in [1.54, 1.807) is 4.90 Å². The van der Waals surface area contributed by atoms with Crippen molar-refractivity contribution in [1.82, 2.24) is 14.5 Å². The molecule has 1 unspecified atom stereocenters. The van der Waals surface area contributed by atoms with E-state index in [-0.39, 0.29) is 11.8 Å². The summed E-state index contributed by atoms with van der Waals surface area (Å²) in [5, 5.41) is 3.03. The second kappa shape index (κ2) is 8.99. The molecule has 0 radical (unpaired) electrons. The Hall–Kier alpha value is -3.41. The smallest absolute Gasteiger partial charge is 0.251 e.